The van der Waals surface area contributed by atoms with Gasteiger partial charge in [0, 0.05) is 0 Å². The molecule has 0 aliphatic rings. The lowest BCUT2D eigenvalue weighted by Gasteiger charge is -2.15. The van der Waals surface area contributed by atoms with E-state index in [0.29, 0.717) is 11.5 Å². The Kier molecular flexibility index (Phi) is 5.66. The van der Waals surface area contributed by atoms with E-state index in [1.165, 1.54) is 54.4 Å². The minimum absolute atomic E-state index is 0.123. The fraction of sp³-hybridized carbons (Fsp3) is 0.125. The molecule has 28 heavy (non-hydrogen) atoms. The molecular formula is C16H14Cl2N4O5S. The molecule has 1 amide bonds. The number of benzene rings is 1. The number of aromatic nitrogens is 2. The highest BCUT2D eigenvalue weighted by molar-refractivity contribution is 7.89. The van der Waals surface area contributed by atoms with Gasteiger partial charge >= 0.3 is 5.91 Å². The van der Waals surface area contributed by atoms with Gasteiger partial charge in [-0.2, -0.15) is 12.8 Å². The molecule has 2 heterocycles. The van der Waals surface area contributed by atoms with Crippen LogP contribution in [-0.2, 0) is 16.6 Å². The van der Waals surface area contributed by atoms with Crippen LogP contribution in [0.4, 0.5) is 0 Å². The zero-order valence-corrected chi connectivity index (χ0v) is 16.7. The Labute approximate surface area is 170 Å². The van der Waals surface area contributed by atoms with E-state index in [4.69, 9.17) is 38.2 Å². The summed E-state index contributed by atoms with van der Waals surface area (Å²) in [4.78, 5) is 16.1. The molecule has 0 aliphatic heterocycles. The normalized spacial score (nSPS) is 11.4. The lowest BCUT2D eigenvalue weighted by Crippen LogP contribution is -2.42. The minimum Gasteiger partial charge on any atom is -0.497 e. The first-order chi connectivity index (χ1) is 13.2. The lowest BCUT2D eigenvalue weighted by molar-refractivity contribution is 0.0829. The Hall–Kier alpha value is -2.53. The van der Waals surface area contributed by atoms with E-state index >= 15 is 0 Å². The van der Waals surface area contributed by atoms with Crippen LogP contribution in [0.25, 0.3) is 0 Å². The van der Waals surface area contributed by atoms with Crippen LogP contribution in [0.5, 0.6) is 5.75 Å². The number of carbonyl (C=O) groups excluding carboxylic acids is 1. The van der Waals surface area contributed by atoms with Crippen molar-refractivity contribution in [2.45, 2.75) is 11.4 Å². The number of furan rings is 1. The SMILES string of the molecule is COc1ccc(S(=O)(=O)N(N)C(=O)c2ccc(Cn3cnc(Cl)c3Cl)o2)cc1. The second-order valence-corrected chi connectivity index (χ2v) is 8.03. The number of sulfonamides is 1. The number of nitrogens with zero attached hydrogens (tertiary/aromatic N) is 3. The molecule has 0 atom stereocenters. The van der Waals surface area contributed by atoms with Gasteiger partial charge < -0.3 is 13.7 Å². The van der Waals surface area contributed by atoms with Crippen LogP contribution in [0, 0.1) is 0 Å². The highest BCUT2D eigenvalue weighted by Gasteiger charge is 2.29. The Morgan fingerprint density at radius 1 is 1.25 bits per heavy atom. The van der Waals surface area contributed by atoms with Crippen molar-refractivity contribution in [2.75, 3.05) is 7.11 Å². The molecule has 3 rings (SSSR count). The zero-order chi connectivity index (χ0) is 20.5. The summed E-state index contributed by atoms with van der Waals surface area (Å²) in [5.74, 6) is 5.08. The van der Waals surface area contributed by atoms with Crippen LogP contribution in [0.2, 0.25) is 10.3 Å². The minimum atomic E-state index is -4.27. The predicted octanol–water partition coefficient (Wildman–Crippen LogP) is 2.54. The van der Waals surface area contributed by atoms with Gasteiger partial charge in [-0.05, 0) is 36.4 Å². The first kappa shape index (κ1) is 20.2. The van der Waals surface area contributed by atoms with E-state index < -0.39 is 15.9 Å². The Balaban J connectivity index is 1.79. The second-order valence-electron chi connectivity index (χ2n) is 5.50. The number of rotatable bonds is 6. The average molecular weight is 445 g/mol. The van der Waals surface area contributed by atoms with Crippen molar-refractivity contribution in [1.82, 2.24) is 14.0 Å². The van der Waals surface area contributed by atoms with Crippen molar-refractivity contribution in [1.29, 1.82) is 0 Å². The first-order valence-electron chi connectivity index (χ1n) is 7.67. The van der Waals surface area contributed by atoms with Crippen LogP contribution < -0.4 is 10.6 Å². The molecule has 3 aromatic rings. The Morgan fingerprint density at radius 2 is 1.93 bits per heavy atom. The first-order valence-corrected chi connectivity index (χ1v) is 9.87. The number of halogens is 2. The molecule has 2 aromatic heterocycles. The topological polar surface area (TPSA) is 121 Å². The number of hydrogen-bond acceptors (Lipinski definition) is 7. The molecule has 1 aromatic carbocycles. The molecule has 0 spiro atoms. The third kappa shape index (κ3) is 3.85. The number of nitrogens with two attached hydrogens (primary N) is 1. The number of hydrogen-bond donors (Lipinski definition) is 1. The van der Waals surface area contributed by atoms with E-state index in [-0.39, 0.29) is 31.9 Å². The Bertz CT molecular complexity index is 1110. The lowest BCUT2D eigenvalue weighted by atomic mass is 10.3. The van der Waals surface area contributed by atoms with Crippen molar-refractivity contribution in [3.8, 4) is 5.75 Å². The third-order valence-electron chi connectivity index (χ3n) is 3.75. The summed E-state index contributed by atoms with van der Waals surface area (Å²) >= 11 is 11.7. The van der Waals surface area contributed by atoms with Gasteiger partial charge in [0.2, 0.25) is 0 Å². The molecule has 0 aliphatic carbocycles. The summed E-state index contributed by atoms with van der Waals surface area (Å²) < 4.78 is 37.1. The summed E-state index contributed by atoms with van der Waals surface area (Å²) in [5, 5.41) is 0.330. The van der Waals surface area contributed by atoms with Gasteiger partial charge in [0.05, 0.1) is 24.9 Å². The van der Waals surface area contributed by atoms with E-state index in [1.807, 2.05) is 0 Å². The number of hydrazine groups is 1. The van der Waals surface area contributed by atoms with Crippen LogP contribution in [0.1, 0.15) is 16.3 Å². The molecule has 148 valence electrons. The summed E-state index contributed by atoms with van der Waals surface area (Å²) in [7, 11) is -2.83. The van der Waals surface area contributed by atoms with Crippen molar-refractivity contribution in [2.24, 2.45) is 5.84 Å². The molecule has 0 fully saturated rings. The summed E-state index contributed by atoms with van der Waals surface area (Å²) in [5.41, 5.74) is 0. The zero-order valence-electron chi connectivity index (χ0n) is 14.4. The van der Waals surface area contributed by atoms with Gasteiger partial charge in [0.1, 0.15) is 16.7 Å². The molecule has 0 radical (unpaired) electrons. The van der Waals surface area contributed by atoms with Crippen molar-refractivity contribution < 1.29 is 22.4 Å². The highest BCUT2D eigenvalue weighted by atomic mass is 35.5. The van der Waals surface area contributed by atoms with Gasteiger partial charge in [-0.3, -0.25) is 4.79 Å². The maximum absolute atomic E-state index is 12.5. The molecule has 0 unspecified atom stereocenters. The number of ether oxygens (including phenoxy) is 1. The van der Waals surface area contributed by atoms with Crippen molar-refractivity contribution in [3.05, 3.63) is 64.6 Å². The van der Waals surface area contributed by atoms with Gasteiger partial charge in [0.15, 0.2) is 10.9 Å². The van der Waals surface area contributed by atoms with Crippen molar-refractivity contribution in [3.63, 3.8) is 0 Å². The van der Waals surface area contributed by atoms with Gasteiger partial charge in [0.25, 0.3) is 10.0 Å². The largest absolute Gasteiger partial charge is 0.497 e. The van der Waals surface area contributed by atoms with E-state index in [1.54, 1.807) is 0 Å². The van der Waals surface area contributed by atoms with Crippen LogP contribution in [0.15, 0.2) is 52.0 Å². The maximum atomic E-state index is 12.5. The quantitative estimate of drug-likeness (QED) is 0.352. The van der Waals surface area contributed by atoms with Gasteiger partial charge in [-0.15, -0.1) is 0 Å². The third-order valence-corrected chi connectivity index (χ3v) is 6.07. The monoisotopic (exact) mass is 444 g/mol. The standard InChI is InChI=1S/C16H14Cl2N4O5S/c1-26-10-2-5-12(6-3-10)28(24,25)22(19)16(23)13-7-4-11(27-13)8-21-9-20-14(17)15(21)18/h2-7,9H,8,19H2,1H3. The molecule has 12 heteroatoms. The second kappa shape index (κ2) is 7.84. The van der Waals surface area contributed by atoms with Crippen LogP contribution in [0.3, 0.4) is 0 Å². The smallest absolute Gasteiger partial charge is 0.317 e. The molecule has 2 N–H and O–H groups in total. The number of carbonyl (C=O) groups is 1. The summed E-state index contributed by atoms with van der Waals surface area (Å²) in [6.07, 6.45) is 1.40. The van der Waals surface area contributed by atoms with Crippen LogP contribution in [-0.4, -0.2) is 35.4 Å². The van der Waals surface area contributed by atoms with E-state index in [9.17, 15) is 13.2 Å². The van der Waals surface area contributed by atoms with Crippen molar-refractivity contribution >= 4 is 39.1 Å². The molecule has 9 nitrogen and oxygen atoms in total. The van der Waals surface area contributed by atoms with E-state index in [2.05, 4.69) is 4.98 Å². The molecule has 0 bridgehead atoms. The molecule has 0 saturated carbocycles. The fourth-order valence-electron chi connectivity index (χ4n) is 2.28. The van der Waals surface area contributed by atoms with E-state index in [0.717, 1.165) is 0 Å². The number of imidazole rings is 1. The molecular weight excluding hydrogens is 431 g/mol. The van der Waals surface area contributed by atoms with Gasteiger partial charge in [-0.25, -0.2) is 10.8 Å². The number of amides is 1. The van der Waals surface area contributed by atoms with Gasteiger partial charge in [-0.1, -0.05) is 23.2 Å². The van der Waals surface area contributed by atoms with Crippen LogP contribution >= 0.6 is 23.2 Å². The summed E-state index contributed by atoms with van der Waals surface area (Å²) in [6.45, 7) is 0.141. The maximum Gasteiger partial charge on any atom is 0.317 e. The average Bonchev–Trinajstić information content (AvgIpc) is 3.29. The fourth-order valence-corrected chi connectivity index (χ4v) is 3.60. The predicted molar refractivity (Wildman–Crippen MR) is 101 cm³/mol. The highest BCUT2D eigenvalue weighted by Crippen LogP contribution is 2.23. The Morgan fingerprint density at radius 3 is 2.50 bits per heavy atom. The molecule has 0 saturated heterocycles. The number of methoxy groups -OCH3 is 1. The summed E-state index contributed by atoms with van der Waals surface area (Å²) in [6, 6.07) is 8.24.